The Morgan fingerprint density at radius 2 is 1.88 bits per heavy atom. The summed E-state index contributed by atoms with van der Waals surface area (Å²) >= 11 is 6.33. The highest BCUT2D eigenvalue weighted by molar-refractivity contribution is 6.34. The van der Waals surface area contributed by atoms with Crippen LogP contribution in [0.25, 0.3) is 0 Å². The fraction of sp³-hybridized carbons (Fsp3) is 0.280. The Morgan fingerprint density at radius 3 is 2.56 bits per heavy atom. The van der Waals surface area contributed by atoms with Crippen LogP contribution >= 0.6 is 11.6 Å². The van der Waals surface area contributed by atoms with E-state index in [1.807, 2.05) is 44.4 Å². The fourth-order valence-corrected chi connectivity index (χ4v) is 3.31. The summed E-state index contributed by atoms with van der Waals surface area (Å²) < 4.78 is 0. The molecule has 7 heteroatoms. The van der Waals surface area contributed by atoms with E-state index in [0.29, 0.717) is 22.8 Å². The van der Waals surface area contributed by atoms with E-state index in [1.54, 1.807) is 24.4 Å². The third-order valence-corrected chi connectivity index (χ3v) is 5.41. The lowest BCUT2D eigenvalue weighted by molar-refractivity contribution is 0.102. The van der Waals surface area contributed by atoms with E-state index < -0.39 is 0 Å². The number of pyridine rings is 1. The number of rotatable bonds is 10. The summed E-state index contributed by atoms with van der Waals surface area (Å²) in [6.45, 7) is 4.47. The maximum Gasteiger partial charge on any atom is 0.257 e. The van der Waals surface area contributed by atoms with Crippen LogP contribution in [0.5, 0.6) is 0 Å². The molecule has 3 rings (SSSR count). The molecule has 1 amide bonds. The molecule has 0 aliphatic carbocycles. The molecule has 6 nitrogen and oxygen atoms in total. The van der Waals surface area contributed by atoms with E-state index in [4.69, 9.17) is 11.6 Å². The minimum Gasteiger partial charge on any atom is -0.369 e. The van der Waals surface area contributed by atoms with E-state index in [0.717, 1.165) is 24.5 Å². The molecule has 32 heavy (non-hydrogen) atoms. The van der Waals surface area contributed by atoms with Crippen LogP contribution in [0.2, 0.25) is 5.02 Å². The summed E-state index contributed by atoms with van der Waals surface area (Å²) in [6, 6.07) is 19.7. The van der Waals surface area contributed by atoms with Gasteiger partial charge < -0.3 is 20.9 Å². The van der Waals surface area contributed by atoms with Crippen molar-refractivity contribution < 1.29 is 4.79 Å². The van der Waals surface area contributed by atoms with Crippen LogP contribution in [0.4, 0.5) is 11.5 Å². The molecule has 0 radical (unpaired) electrons. The average Bonchev–Trinajstić information content (AvgIpc) is 2.80. The highest BCUT2D eigenvalue weighted by Crippen LogP contribution is 2.24. The predicted octanol–water partition coefficient (Wildman–Crippen LogP) is 4.81. The zero-order chi connectivity index (χ0) is 22.9. The van der Waals surface area contributed by atoms with Gasteiger partial charge in [0.25, 0.3) is 5.91 Å². The van der Waals surface area contributed by atoms with Gasteiger partial charge in [-0.1, -0.05) is 48.0 Å². The van der Waals surface area contributed by atoms with E-state index in [9.17, 15) is 4.79 Å². The van der Waals surface area contributed by atoms with Gasteiger partial charge in [0.05, 0.1) is 16.3 Å². The van der Waals surface area contributed by atoms with Crippen LogP contribution in [0.1, 0.15) is 34.5 Å². The number of nitrogens with one attached hydrogen (secondary N) is 3. The van der Waals surface area contributed by atoms with E-state index >= 15 is 0 Å². The van der Waals surface area contributed by atoms with Gasteiger partial charge in [0.1, 0.15) is 5.82 Å². The molecular weight excluding hydrogens is 422 g/mol. The van der Waals surface area contributed by atoms with Crippen molar-refractivity contribution in [2.24, 2.45) is 0 Å². The number of hydrogen-bond acceptors (Lipinski definition) is 5. The molecule has 0 saturated heterocycles. The first kappa shape index (κ1) is 23.7. The molecule has 0 aliphatic rings. The summed E-state index contributed by atoms with van der Waals surface area (Å²) in [5.41, 5.74) is 3.31. The lowest BCUT2D eigenvalue weighted by atomic mass is 10.1. The van der Waals surface area contributed by atoms with Crippen LogP contribution in [0.3, 0.4) is 0 Å². The largest absolute Gasteiger partial charge is 0.369 e. The van der Waals surface area contributed by atoms with Gasteiger partial charge in [-0.2, -0.15) is 0 Å². The van der Waals surface area contributed by atoms with Crippen molar-refractivity contribution in [3.05, 3.63) is 88.6 Å². The molecule has 2 aromatic carbocycles. The average molecular weight is 452 g/mol. The van der Waals surface area contributed by atoms with Gasteiger partial charge in [-0.25, -0.2) is 4.98 Å². The summed E-state index contributed by atoms with van der Waals surface area (Å²) in [5.74, 6) is 0.490. The predicted molar refractivity (Wildman–Crippen MR) is 132 cm³/mol. The van der Waals surface area contributed by atoms with Gasteiger partial charge in [0, 0.05) is 31.9 Å². The van der Waals surface area contributed by atoms with Crippen molar-refractivity contribution in [1.82, 2.24) is 15.2 Å². The maximum absolute atomic E-state index is 12.7. The number of aromatic nitrogens is 1. The van der Waals surface area contributed by atoms with Crippen molar-refractivity contribution in [1.29, 1.82) is 0 Å². The van der Waals surface area contributed by atoms with Gasteiger partial charge in [0.15, 0.2) is 0 Å². The minimum atomic E-state index is -0.248. The summed E-state index contributed by atoms with van der Waals surface area (Å²) in [4.78, 5) is 19.1. The van der Waals surface area contributed by atoms with Gasteiger partial charge in [-0.05, 0) is 56.4 Å². The van der Waals surface area contributed by atoms with Crippen molar-refractivity contribution in [2.45, 2.75) is 19.5 Å². The van der Waals surface area contributed by atoms with Gasteiger partial charge in [-0.15, -0.1) is 0 Å². The number of carbonyl (C=O) groups is 1. The molecule has 1 atom stereocenters. The van der Waals surface area contributed by atoms with Crippen molar-refractivity contribution >= 4 is 29.0 Å². The smallest absolute Gasteiger partial charge is 0.257 e. The van der Waals surface area contributed by atoms with E-state index in [2.05, 4.69) is 44.9 Å². The molecule has 0 saturated carbocycles. The zero-order valence-electron chi connectivity index (χ0n) is 18.7. The van der Waals surface area contributed by atoms with E-state index in [1.165, 1.54) is 5.56 Å². The highest BCUT2D eigenvalue weighted by atomic mass is 35.5. The first-order valence-corrected chi connectivity index (χ1v) is 11.0. The molecule has 168 valence electrons. The van der Waals surface area contributed by atoms with Crippen LogP contribution in [0.15, 0.2) is 66.9 Å². The highest BCUT2D eigenvalue weighted by Gasteiger charge is 2.11. The number of benzene rings is 2. The van der Waals surface area contributed by atoms with Crippen molar-refractivity contribution in [3.8, 4) is 0 Å². The number of halogens is 1. The molecule has 0 fully saturated rings. The molecule has 0 bridgehead atoms. The van der Waals surface area contributed by atoms with Crippen LogP contribution in [0, 0.1) is 0 Å². The molecular formula is C25H30ClN5O. The number of anilines is 2. The van der Waals surface area contributed by atoms with Crippen molar-refractivity contribution in [2.75, 3.05) is 37.8 Å². The van der Waals surface area contributed by atoms with Gasteiger partial charge in [0.2, 0.25) is 0 Å². The molecule has 3 N–H and O–H groups in total. The summed E-state index contributed by atoms with van der Waals surface area (Å²) in [7, 11) is 4.03. The molecule has 0 spiro atoms. The third-order valence-electron chi connectivity index (χ3n) is 5.08. The number of carbonyl (C=O) groups excluding carboxylic acids is 1. The van der Waals surface area contributed by atoms with Crippen LogP contribution < -0.4 is 16.0 Å². The Bertz CT molecular complexity index is 1010. The number of hydrogen-bond donors (Lipinski definition) is 3. The number of amides is 1. The second kappa shape index (κ2) is 11.6. The SMILES string of the molecule is CC(NCc1ccc(Cl)c(NC(=O)c2ccc(NCCN(C)C)nc2)c1)c1ccccc1. The van der Waals surface area contributed by atoms with E-state index in [-0.39, 0.29) is 11.9 Å². The Labute approximate surface area is 195 Å². The third kappa shape index (κ3) is 7.05. The Balaban J connectivity index is 1.58. The quantitative estimate of drug-likeness (QED) is 0.412. The lowest BCUT2D eigenvalue weighted by Gasteiger charge is -2.15. The van der Waals surface area contributed by atoms with Gasteiger partial charge >= 0.3 is 0 Å². The topological polar surface area (TPSA) is 69.3 Å². The molecule has 1 heterocycles. The fourth-order valence-electron chi connectivity index (χ4n) is 3.14. The Kier molecular flexibility index (Phi) is 8.62. The Hall–Kier alpha value is -2.93. The second-order valence-electron chi connectivity index (χ2n) is 7.94. The molecule has 3 aromatic rings. The molecule has 1 aromatic heterocycles. The number of nitrogens with zero attached hydrogens (tertiary/aromatic N) is 2. The maximum atomic E-state index is 12.7. The van der Waals surface area contributed by atoms with Crippen LogP contribution in [-0.2, 0) is 6.54 Å². The molecule has 0 aliphatic heterocycles. The first-order valence-electron chi connectivity index (χ1n) is 10.6. The lowest BCUT2D eigenvalue weighted by Crippen LogP contribution is -2.21. The zero-order valence-corrected chi connectivity index (χ0v) is 19.5. The van der Waals surface area contributed by atoms with Crippen LogP contribution in [-0.4, -0.2) is 43.0 Å². The first-order chi connectivity index (χ1) is 15.4. The second-order valence-corrected chi connectivity index (χ2v) is 8.35. The monoisotopic (exact) mass is 451 g/mol. The normalized spacial score (nSPS) is 11.9. The van der Waals surface area contributed by atoms with Crippen molar-refractivity contribution in [3.63, 3.8) is 0 Å². The minimum absolute atomic E-state index is 0.209. The Morgan fingerprint density at radius 1 is 1.09 bits per heavy atom. The molecule has 1 unspecified atom stereocenters. The summed E-state index contributed by atoms with van der Waals surface area (Å²) in [5, 5.41) is 10.1. The van der Waals surface area contributed by atoms with Gasteiger partial charge in [-0.3, -0.25) is 4.79 Å². The standard InChI is InChI=1S/C25H30ClN5O/c1-18(20-7-5-4-6-8-20)28-16-19-9-11-22(26)23(15-19)30-25(32)21-10-12-24(29-17-21)27-13-14-31(2)3/h4-12,15,17-18,28H,13-14,16H2,1-3H3,(H,27,29)(H,30,32). The number of likely N-dealkylation sites (N-methyl/N-ethyl adjacent to an activating group) is 1. The summed E-state index contributed by atoms with van der Waals surface area (Å²) in [6.07, 6.45) is 1.56.